The van der Waals surface area contributed by atoms with Crippen molar-refractivity contribution in [1.29, 1.82) is 0 Å². The second-order valence-corrected chi connectivity index (χ2v) is 5.27. The number of halogens is 1. The number of benzene rings is 2. The molecule has 3 rings (SSSR count). The molecule has 1 aliphatic rings. The Hall–Kier alpha value is -2.40. The lowest BCUT2D eigenvalue weighted by Crippen LogP contribution is -2.36. The Bertz CT molecular complexity index is 726. The van der Waals surface area contributed by atoms with Crippen molar-refractivity contribution >= 4 is 39.0 Å². The third kappa shape index (κ3) is 2.48. The SMILES string of the molecule is O=C1C(Br)=C(c2ccccc2)C(=O)N1Nc1ccccc1. The first-order chi connectivity index (χ1) is 10.2. The zero-order chi connectivity index (χ0) is 14.8. The van der Waals surface area contributed by atoms with Gasteiger partial charge in [-0.25, -0.2) is 0 Å². The van der Waals surface area contributed by atoms with E-state index in [1.165, 1.54) is 0 Å². The maximum Gasteiger partial charge on any atom is 0.287 e. The van der Waals surface area contributed by atoms with Crippen molar-refractivity contribution in [3.8, 4) is 0 Å². The van der Waals surface area contributed by atoms with Gasteiger partial charge in [0.15, 0.2) is 0 Å². The molecule has 104 valence electrons. The summed E-state index contributed by atoms with van der Waals surface area (Å²) >= 11 is 3.23. The lowest BCUT2D eigenvalue weighted by molar-refractivity contribution is -0.134. The summed E-state index contributed by atoms with van der Waals surface area (Å²) in [5.41, 5.74) is 4.58. The molecule has 0 aromatic heterocycles. The second kappa shape index (κ2) is 5.54. The minimum absolute atomic E-state index is 0.266. The molecule has 4 nitrogen and oxygen atoms in total. The monoisotopic (exact) mass is 342 g/mol. The van der Waals surface area contributed by atoms with E-state index in [1.807, 2.05) is 36.4 Å². The largest absolute Gasteiger partial charge is 0.288 e. The summed E-state index contributed by atoms with van der Waals surface area (Å²) in [5, 5.41) is 1.02. The van der Waals surface area contributed by atoms with Crippen LogP contribution in [0, 0.1) is 0 Å². The molecule has 1 heterocycles. The highest BCUT2D eigenvalue weighted by Crippen LogP contribution is 2.32. The molecule has 2 aromatic carbocycles. The fourth-order valence-corrected chi connectivity index (χ4v) is 2.68. The fourth-order valence-electron chi connectivity index (χ4n) is 2.10. The molecule has 5 heteroatoms. The van der Waals surface area contributed by atoms with Gasteiger partial charge in [-0.2, -0.15) is 5.01 Å². The third-order valence-corrected chi connectivity index (χ3v) is 3.84. The fraction of sp³-hybridized carbons (Fsp3) is 0. The molecule has 0 atom stereocenters. The smallest absolute Gasteiger partial charge is 0.287 e. The van der Waals surface area contributed by atoms with E-state index >= 15 is 0 Å². The van der Waals surface area contributed by atoms with E-state index in [9.17, 15) is 9.59 Å². The first-order valence-electron chi connectivity index (χ1n) is 6.34. The highest BCUT2D eigenvalue weighted by Gasteiger charge is 2.38. The van der Waals surface area contributed by atoms with Crippen LogP contribution in [0.4, 0.5) is 5.69 Å². The standard InChI is InChI=1S/C16H11BrN2O2/c17-14-13(11-7-3-1-4-8-11)15(20)19(16(14)21)18-12-9-5-2-6-10-12/h1-10,18H. The summed E-state index contributed by atoms with van der Waals surface area (Å²) in [6.07, 6.45) is 0. The van der Waals surface area contributed by atoms with Crippen LogP contribution in [-0.2, 0) is 9.59 Å². The van der Waals surface area contributed by atoms with E-state index in [1.54, 1.807) is 24.3 Å². The molecule has 0 fully saturated rings. The Morgan fingerprint density at radius 2 is 1.38 bits per heavy atom. The average Bonchev–Trinajstić information content (AvgIpc) is 2.73. The highest BCUT2D eigenvalue weighted by atomic mass is 79.9. The van der Waals surface area contributed by atoms with Crippen molar-refractivity contribution in [2.24, 2.45) is 0 Å². The van der Waals surface area contributed by atoms with E-state index in [4.69, 9.17) is 0 Å². The van der Waals surface area contributed by atoms with Gasteiger partial charge in [0.25, 0.3) is 11.8 Å². The molecule has 0 saturated carbocycles. The zero-order valence-corrected chi connectivity index (χ0v) is 12.5. The predicted octanol–water partition coefficient (Wildman–Crippen LogP) is 3.19. The molecule has 2 amide bonds. The van der Waals surface area contributed by atoms with Crippen LogP contribution in [0.3, 0.4) is 0 Å². The van der Waals surface area contributed by atoms with Gasteiger partial charge < -0.3 is 0 Å². The zero-order valence-electron chi connectivity index (χ0n) is 10.9. The average molecular weight is 343 g/mol. The van der Waals surface area contributed by atoms with Crippen LogP contribution in [0.5, 0.6) is 0 Å². The van der Waals surface area contributed by atoms with E-state index in [0.29, 0.717) is 16.8 Å². The first-order valence-corrected chi connectivity index (χ1v) is 7.13. The first kappa shape index (κ1) is 13.6. The Labute approximate surface area is 130 Å². The Morgan fingerprint density at radius 1 is 0.810 bits per heavy atom. The molecule has 0 saturated heterocycles. The lowest BCUT2D eigenvalue weighted by atomic mass is 10.1. The Kier molecular flexibility index (Phi) is 3.58. The number of para-hydroxylation sites is 1. The molecule has 0 aliphatic carbocycles. The number of hydrogen-bond acceptors (Lipinski definition) is 3. The van der Waals surface area contributed by atoms with Gasteiger partial charge in [0, 0.05) is 0 Å². The van der Waals surface area contributed by atoms with Gasteiger partial charge in [0.1, 0.15) is 0 Å². The number of imide groups is 1. The van der Waals surface area contributed by atoms with E-state index in [2.05, 4.69) is 21.4 Å². The number of rotatable bonds is 3. The minimum atomic E-state index is -0.400. The van der Waals surface area contributed by atoms with Crippen molar-refractivity contribution in [3.63, 3.8) is 0 Å². The number of hydrazine groups is 1. The number of nitrogens with one attached hydrogen (secondary N) is 1. The van der Waals surface area contributed by atoms with Gasteiger partial charge >= 0.3 is 0 Å². The normalized spacial score (nSPS) is 14.8. The van der Waals surface area contributed by atoms with Gasteiger partial charge in [-0.05, 0) is 33.6 Å². The van der Waals surface area contributed by atoms with E-state index < -0.39 is 5.91 Å². The third-order valence-electron chi connectivity index (χ3n) is 3.10. The van der Waals surface area contributed by atoms with E-state index in [-0.39, 0.29) is 10.4 Å². The van der Waals surface area contributed by atoms with Gasteiger partial charge in [-0.15, -0.1) is 0 Å². The summed E-state index contributed by atoms with van der Waals surface area (Å²) in [7, 11) is 0. The maximum absolute atomic E-state index is 12.5. The van der Waals surface area contributed by atoms with Crippen LogP contribution in [-0.4, -0.2) is 16.8 Å². The number of anilines is 1. The van der Waals surface area contributed by atoms with Crippen molar-refractivity contribution in [2.45, 2.75) is 0 Å². The highest BCUT2D eigenvalue weighted by molar-refractivity contribution is 9.12. The van der Waals surface area contributed by atoms with Gasteiger partial charge in [0.05, 0.1) is 15.7 Å². The number of carbonyl (C=O) groups is 2. The predicted molar refractivity (Wildman–Crippen MR) is 84.2 cm³/mol. The molecule has 2 aromatic rings. The topological polar surface area (TPSA) is 49.4 Å². The summed E-state index contributed by atoms with van der Waals surface area (Å²) in [6, 6.07) is 18.2. The van der Waals surface area contributed by atoms with Crippen molar-refractivity contribution < 1.29 is 9.59 Å². The van der Waals surface area contributed by atoms with Crippen LogP contribution in [0.2, 0.25) is 0 Å². The number of hydrogen-bond donors (Lipinski definition) is 1. The van der Waals surface area contributed by atoms with Crippen LogP contribution in [0.1, 0.15) is 5.56 Å². The van der Waals surface area contributed by atoms with Gasteiger partial charge in [-0.1, -0.05) is 48.5 Å². The van der Waals surface area contributed by atoms with Crippen molar-refractivity contribution in [3.05, 3.63) is 70.7 Å². The summed E-state index contributed by atoms with van der Waals surface area (Å²) < 4.78 is 0.266. The summed E-state index contributed by atoms with van der Waals surface area (Å²) in [6.45, 7) is 0. The number of nitrogens with zero attached hydrogens (tertiary/aromatic N) is 1. The molecular formula is C16H11BrN2O2. The number of amides is 2. The summed E-state index contributed by atoms with van der Waals surface area (Å²) in [4.78, 5) is 24.7. The molecule has 1 N–H and O–H groups in total. The molecule has 1 aliphatic heterocycles. The molecule has 0 spiro atoms. The van der Waals surface area contributed by atoms with Crippen molar-refractivity contribution in [2.75, 3.05) is 5.43 Å². The van der Waals surface area contributed by atoms with Crippen LogP contribution in [0.15, 0.2) is 65.1 Å². The molecule has 0 radical (unpaired) electrons. The summed E-state index contributed by atoms with van der Waals surface area (Å²) in [5.74, 6) is -0.773. The Balaban J connectivity index is 1.92. The van der Waals surface area contributed by atoms with Crippen LogP contribution in [0.25, 0.3) is 5.57 Å². The second-order valence-electron chi connectivity index (χ2n) is 4.48. The quantitative estimate of drug-likeness (QED) is 0.871. The van der Waals surface area contributed by atoms with Crippen LogP contribution >= 0.6 is 15.9 Å². The Morgan fingerprint density at radius 3 is 2.00 bits per heavy atom. The minimum Gasteiger partial charge on any atom is -0.288 e. The van der Waals surface area contributed by atoms with E-state index in [0.717, 1.165) is 5.01 Å². The molecule has 21 heavy (non-hydrogen) atoms. The van der Waals surface area contributed by atoms with Gasteiger partial charge in [0.2, 0.25) is 0 Å². The lowest BCUT2D eigenvalue weighted by Gasteiger charge is -2.17. The molecule has 0 unspecified atom stereocenters. The molecule has 0 bridgehead atoms. The number of carbonyl (C=O) groups excluding carboxylic acids is 2. The molecular weight excluding hydrogens is 332 g/mol. The van der Waals surface area contributed by atoms with Crippen LogP contribution < -0.4 is 5.43 Å². The van der Waals surface area contributed by atoms with Crippen molar-refractivity contribution in [1.82, 2.24) is 5.01 Å². The maximum atomic E-state index is 12.5. The van der Waals surface area contributed by atoms with Gasteiger partial charge in [-0.3, -0.25) is 15.0 Å².